The van der Waals surface area contributed by atoms with E-state index in [0.29, 0.717) is 5.82 Å². The molecule has 106 valence electrons. The first kappa shape index (κ1) is 14.3. The normalized spacial score (nSPS) is 18.4. The van der Waals surface area contributed by atoms with Gasteiger partial charge in [-0.05, 0) is 38.8 Å². The van der Waals surface area contributed by atoms with E-state index >= 15 is 0 Å². The second-order valence-corrected chi connectivity index (χ2v) is 5.55. The standard InChI is InChI=1S/C15H25N3O/c1-3-5-15(6-8-16-9-7-15)13(19)14-17-10-12-18(14)11-4-2/h10,12,16H,3-9,11H2,1-2H3. The number of carbonyl (C=O) groups excluding carboxylic acids is 1. The van der Waals surface area contributed by atoms with Crippen LogP contribution in [0.5, 0.6) is 0 Å². The first-order valence-electron chi connectivity index (χ1n) is 7.50. The first-order chi connectivity index (χ1) is 9.23. The van der Waals surface area contributed by atoms with Crippen LogP contribution in [-0.2, 0) is 6.54 Å². The number of hydrogen-bond acceptors (Lipinski definition) is 3. The molecule has 19 heavy (non-hydrogen) atoms. The molecule has 1 aromatic rings. The van der Waals surface area contributed by atoms with Gasteiger partial charge in [0.1, 0.15) is 0 Å². The van der Waals surface area contributed by atoms with Gasteiger partial charge in [0.2, 0.25) is 5.78 Å². The Labute approximate surface area is 115 Å². The van der Waals surface area contributed by atoms with Crippen molar-refractivity contribution in [2.45, 2.75) is 52.5 Å². The molecule has 0 bridgehead atoms. The highest BCUT2D eigenvalue weighted by molar-refractivity contribution is 5.97. The molecule has 0 atom stereocenters. The van der Waals surface area contributed by atoms with Crippen LogP contribution in [0.1, 0.15) is 56.6 Å². The molecule has 0 saturated carbocycles. The van der Waals surface area contributed by atoms with Gasteiger partial charge in [0.05, 0.1) is 0 Å². The van der Waals surface area contributed by atoms with E-state index in [9.17, 15) is 4.79 Å². The topological polar surface area (TPSA) is 46.9 Å². The zero-order valence-corrected chi connectivity index (χ0v) is 12.1. The van der Waals surface area contributed by atoms with Gasteiger partial charge in [-0.2, -0.15) is 0 Å². The fourth-order valence-corrected chi connectivity index (χ4v) is 3.15. The minimum Gasteiger partial charge on any atom is -0.329 e. The second-order valence-electron chi connectivity index (χ2n) is 5.55. The van der Waals surface area contributed by atoms with E-state index in [1.807, 2.05) is 10.8 Å². The van der Waals surface area contributed by atoms with Gasteiger partial charge >= 0.3 is 0 Å². The van der Waals surface area contributed by atoms with Crippen LogP contribution in [0.15, 0.2) is 12.4 Å². The van der Waals surface area contributed by atoms with E-state index in [1.165, 1.54) is 0 Å². The van der Waals surface area contributed by atoms with Crippen molar-refractivity contribution in [2.24, 2.45) is 5.41 Å². The fraction of sp³-hybridized carbons (Fsp3) is 0.733. The quantitative estimate of drug-likeness (QED) is 0.803. The summed E-state index contributed by atoms with van der Waals surface area (Å²) in [5, 5.41) is 3.36. The van der Waals surface area contributed by atoms with E-state index in [1.54, 1.807) is 6.20 Å². The third kappa shape index (κ3) is 2.89. The van der Waals surface area contributed by atoms with Crippen molar-refractivity contribution in [1.29, 1.82) is 0 Å². The van der Waals surface area contributed by atoms with Crippen LogP contribution in [0.3, 0.4) is 0 Å². The highest BCUT2D eigenvalue weighted by atomic mass is 16.1. The number of nitrogens with one attached hydrogen (secondary N) is 1. The molecule has 2 rings (SSSR count). The minimum absolute atomic E-state index is 0.184. The summed E-state index contributed by atoms with van der Waals surface area (Å²) in [6.07, 6.45) is 8.63. The Hall–Kier alpha value is -1.16. The lowest BCUT2D eigenvalue weighted by atomic mass is 9.72. The zero-order valence-electron chi connectivity index (χ0n) is 12.1. The molecule has 0 unspecified atom stereocenters. The maximum absolute atomic E-state index is 13.0. The molecule has 4 heteroatoms. The second kappa shape index (κ2) is 6.33. The number of imidazole rings is 1. The van der Waals surface area contributed by atoms with Crippen molar-refractivity contribution in [1.82, 2.24) is 14.9 Å². The number of nitrogens with zero attached hydrogens (tertiary/aromatic N) is 2. The zero-order chi connectivity index (χ0) is 13.7. The van der Waals surface area contributed by atoms with Gasteiger partial charge in [0.25, 0.3) is 0 Å². The SMILES string of the molecule is CCCn1ccnc1C(=O)C1(CCC)CCNCC1. The summed E-state index contributed by atoms with van der Waals surface area (Å²) in [6.45, 7) is 7.05. The molecule has 0 aromatic carbocycles. The molecular weight excluding hydrogens is 238 g/mol. The molecule has 1 aliphatic heterocycles. The summed E-state index contributed by atoms with van der Waals surface area (Å²) in [7, 11) is 0. The van der Waals surface area contributed by atoms with Gasteiger partial charge in [-0.15, -0.1) is 0 Å². The van der Waals surface area contributed by atoms with Crippen LogP contribution in [0.25, 0.3) is 0 Å². The summed E-state index contributed by atoms with van der Waals surface area (Å²) in [5.74, 6) is 0.923. The van der Waals surface area contributed by atoms with Gasteiger partial charge in [-0.25, -0.2) is 4.98 Å². The smallest absolute Gasteiger partial charge is 0.204 e. The summed E-state index contributed by atoms with van der Waals surface area (Å²) >= 11 is 0. The lowest BCUT2D eigenvalue weighted by molar-refractivity contribution is 0.0687. The molecule has 0 spiro atoms. The van der Waals surface area contributed by atoms with Gasteiger partial charge in [-0.3, -0.25) is 4.79 Å². The molecule has 1 aromatic heterocycles. The van der Waals surface area contributed by atoms with Crippen LogP contribution < -0.4 is 5.32 Å². The van der Waals surface area contributed by atoms with Crippen LogP contribution in [0.2, 0.25) is 0 Å². The van der Waals surface area contributed by atoms with Crippen molar-refractivity contribution >= 4 is 5.78 Å². The fourth-order valence-electron chi connectivity index (χ4n) is 3.15. The molecular formula is C15H25N3O. The molecule has 2 heterocycles. The lowest BCUT2D eigenvalue weighted by Crippen LogP contribution is -2.43. The Morgan fingerprint density at radius 1 is 1.37 bits per heavy atom. The predicted molar refractivity (Wildman–Crippen MR) is 76.3 cm³/mol. The molecule has 4 nitrogen and oxygen atoms in total. The Morgan fingerprint density at radius 2 is 2.11 bits per heavy atom. The van der Waals surface area contributed by atoms with Crippen molar-refractivity contribution < 1.29 is 4.79 Å². The summed E-state index contributed by atoms with van der Waals surface area (Å²) < 4.78 is 2.02. The van der Waals surface area contributed by atoms with Crippen LogP contribution >= 0.6 is 0 Å². The number of piperidine rings is 1. The van der Waals surface area contributed by atoms with E-state index < -0.39 is 0 Å². The van der Waals surface area contributed by atoms with Gasteiger partial charge in [0, 0.05) is 24.4 Å². The summed E-state index contributed by atoms with van der Waals surface area (Å²) in [5.41, 5.74) is -0.184. The van der Waals surface area contributed by atoms with Crippen molar-refractivity contribution in [3.05, 3.63) is 18.2 Å². The molecule has 1 aliphatic rings. The lowest BCUT2D eigenvalue weighted by Gasteiger charge is -2.35. The van der Waals surface area contributed by atoms with E-state index in [-0.39, 0.29) is 11.2 Å². The molecule has 1 saturated heterocycles. The highest BCUT2D eigenvalue weighted by Gasteiger charge is 2.40. The molecule has 0 aliphatic carbocycles. The number of carbonyl (C=O) groups is 1. The third-order valence-corrected chi connectivity index (χ3v) is 4.15. The maximum atomic E-state index is 13.0. The molecule has 0 radical (unpaired) electrons. The van der Waals surface area contributed by atoms with E-state index in [0.717, 1.165) is 51.7 Å². The Morgan fingerprint density at radius 3 is 2.74 bits per heavy atom. The average Bonchev–Trinajstić information content (AvgIpc) is 2.88. The first-order valence-corrected chi connectivity index (χ1v) is 7.50. The van der Waals surface area contributed by atoms with Crippen molar-refractivity contribution in [2.75, 3.05) is 13.1 Å². The molecule has 1 N–H and O–H groups in total. The van der Waals surface area contributed by atoms with E-state index in [4.69, 9.17) is 0 Å². The molecule has 0 amide bonds. The Balaban J connectivity index is 2.25. The number of Topliss-reactive ketones (excluding diaryl/α,β-unsaturated/α-hetero) is 1. The largest absolute Gasteiger partial charge is 0.329 e. The van der Waals surface area contributed by atoms with Gasteiger partial charge in [-0.1, -0.05) is 20.3 Å². The maximum Gasteiger partial charge on any atom is 0.204 e. The van der Waals surface area contributed by atoms with Crippen LogP contribution in [0, 0.1) is 5.41 Å². The molecule has 1 fully saturated rings. The number of aryl methyl sites for hydroxylation is 1. The number of ketones is 1. The Bertz CT molecular complexity index is 413. The predicted octanol–water partition coefficient (Wildman–Crippen LogP) is 2.65. The van der Waals surface area contributed by atoms with Crippen molar-refractivity contribution in [3.63, 3.8) is 0 Å². The summed E-state index contributed by atoms with van der Waals surface area (Å²) in [6, 6.07) is 0. The van der Waals surface area contributed by atoms with Gasteiger partial charge < -0.3 is 9.88 Å². The van der Waals surface area contributed by atoms with Gasteiger partial charge in [0.15, 0.2) is 5.82 Å². The number of rotatable bonds is 6. The van der Waals surface area contributed by atoms with Crippen molar-refractivity contribution in [3.8, 4) is 0 Å². The van der Waals surface area contributed by atoms with E-state index in [2.05, 4.69) is 24.1 Å². The average molecular weight is 263 g/mol. The summed E-state index contributed by atoms with van der Waals surface area (Å²) in [4.78, 5) is 17.3. The number of aromatic nitrogens is 2. The highest BCUT2D eigenvalue weighted by Crippen LogP contribution is 2.37. The Kier molecular flexibility index (Phi) is 4.75. The monoisotopic (exact) mass is 263 g/mol. The van der Waals surface area contributed by atoms with Crippen LogP contribution in [-0.4, -0.2) is 28.4 Å². The third-order valence-electron chi connectivity index (χ3n) is 4.15. The number of hydrogen-bond donors (Lipinski definition) is 1. The van der Waals surface area contributed by atoms with Crippen LogP contribution in [0.4, 0.5) is 0 Å². The minimum atomic E-state index is -0.184.